The van der Waals surface area contributed by atoms with Crippen LogP contribution in [0.2, 0.25) is 0 Å². The summed E-state index contributed by atoms with van der Waals surface area (Å²) in [7, 11) is 0. The standard InChI is InChI=1S/9CH4.7Al.Ga.8HN.8H/h9*1H4;;;;;;;;;8*1H;;;;;;;;. The van der Waals surface area contributed by atoms with Crippen LogP contribution in [0, 0.1) is 34.5 Å². The molecule has 0 rings (SSSR count). The molecule has 0 aromatic rings. The topological polar surface area (TPSA) is 191 Å². The molecule has 0 unspecified atom stereocenters. The van der Waals surface area contributed by atoms with Crippen molar-refractivity contribution in [3.63, 3.8) is 0 Å². The molecule has 152 valence electrons. The van der Waals surface area contributed by atoms with E-state index in [1.54, 1.807) is 0 Å². The molecular weight excluding hydrogens is 479 g/mol. The van der Waals surface area contributed by atoms with E-state index >= 15 is 0 Å². The summed E-state index contributed by atoms with van der Waals surface area (Å²) in [6, 6.07) is 0. The molecule has 8 N–H and O–H groups in total. The summed E-state index contributed by atoms with van der Waals surface area (Å²) in [5.74, 6) is 0. The second-order valence-corrected chi connectivity index (χ2v) is 0. The summed E-state index contributed by atoms with van der Waals surface area (Å²) < 4.78 is 46.3. The molecule has 0 aliphatic heterocycles. The van der Waals surface area contributed by atoms with Crippen LogP contribution >= 0.6 is 0 Å². The molecule has 0 saturated heterocycles. The van der Waals surface area contributed by atoms with Crippen molar-refractivity contribution in [2.75, 3.05) is 0 Å². The van der Waals surface area contributed by atoms with Gasteiger partial charge in [-0.15, -0.1) is 0 Å². The van der Waals surface area contributed by atoms with Gasteiger partial charge in [0, 0.05) is 0 Å². The SMILES string of the molecule is C.C.C.C.C.C.C.C.C.[NH]=[AlH].[NH]=[AlH].[NH]=[AlH].[NH]=[AlH].[NH]=[AlH].[NH]=[AlH].[NH]=[AlH].[NH]=[GaH]. The van der Waals surface area contributed by atoms with Crippen LogP contribution in [0.15, 0.2) is 0 Å². The van der Waals surface area contributed by atoms with Gasteiger partial charge in [0.25, 0.3) is 0 Å². The van der Waals surface area contributed by atoms with E-state index in [-0.39, 0.29) is 66.8 Å². The first-order chi connectivity index (χ1) is 8.00. The molecule has 0 aromatic heterocycles. The van der Waals surface area contributed by atoms with Crippen molar-refractivity contribution in [1.82, 2.24) is 0 Å². The fourth-order valence-electron chi connectivity index (χ4n) is 0. The van der Waals surface area contributed by atoms with Gasteiger partial charge in [-0.25, -0.2) is 0 Å². The van der Waals surface area contributed by atoms with Crippen LogP contribution in [-0.2, 0) is 0 Å². The second-order valence-electron chi connectivity index (χ2n) is 0. The van der Waals surface area contributed by atoms with Crippen LogP contribution in [0.5, 0.6) is 0 Å². The van der Waals surface area contributed by atoms with Crippen molar-refractivity contribution in [3.8, 4) is 0 Å². The van der Waals surface area contributed by atoms with Crippen molar-refractivity contribution in [3.05, 3.63) is 0 Å². The molecule has 0 heterocycles. The van der Waals surface area contributed by atoms with E-state index in [0.29, 0.717) is 18.4 Å². The van der Waals surface area contributed by atoms with E-state index < -0.39 is 0 Å². The Kier molecular flexibility index (Phi) is 16000. The molecule has 0 aromatic carbocycles. The Bertz CT molecular complexity index is 67.9. The summed E-state index contributed by atoms with van der Waals surface area (Å²) in [5, 5.41) is 0. The summed E-state index contributed by atoms with van der Waals surface area (Å²) in [5.41, 5.74) is 0. The third-order valence-electron chi connectivity index (χ3n) is 0. The molecule has 0 aliphatic rings. The molecular formula is C9H52Al7GaN8. The van der Waals surface area contributed by atoms with Gasteiger partial charge in [0.1, 0.15) is 0 Å². The van der Waals surface area contributed by atoms with Crippen molar-refractivity contribution in [2.45, 2.75) is 66.8 Å². The molecule has 0 amide bonds. The van der Waals surface area contributed by atoms with Crippen molar-refractivity contribution >= 4 is 131 Å². The molecule has 0 saturated carbocycles. The van der Waals surface area contributed by atoms with Gasteiger partial charge < -0.3 is 0 Å². The predicted octanol–water partition coefficient (Wildman–Crippen LogP) is 2.92. The van der Waals surface area contributed by atoms with Gasteiger partial charge >= 0.3 is 166 Å². The van der Waals surface area contributed by atoms with Crippen LogP contribution in [-0.4, -0.2) is 131 Å². The molecule has 25 heavy (non-hydrogen) atoms. The quantitative estimate of drug-likeness (QED) is 0.214. The number of rotatable bonds is 0. The monoisotopic (exact) mass is 530 g/mol. The normalized spacial score (nSPS) is 0.960. The second kappa shape index (κ2) is 2330. The molecule has 0 bridgehead atoms. The summed E-state index contributed by atoms with van der Waals surface area (Å²) in [4.78, 5) is 0. The van der Waals surface area contributed by atoms with Crippen LogP contribution in [0.25, 0.3) is 0 Å². The zero-order chi connectivity index (χ0) is 16.0. The number of hydrogen-bond donors (Lipinski definition) is 8. The Morgan fingerprint density at radius 2 is 0.240 bits per heavy atom. The van der Waals surface area contributed by atoms with E-state index in [1.165, 1.54) is 0 Å². The van der Waals surface area contributed by atoms with Gasteiger partial charge in [0.15, 0.2) is 0 Å². The van der Waals surface area contributed by atoms with Crippen molar-refractivity contribution in [1.29, 1.82) is 34.5 Å². The van der Waals surface area contributed by atoms with E-state index in [4.69, 9.17) is 34.5 Å². The van der Waals surface area contributed by atoms with Gasteiger partial charge in [-0.05, 0) is 0 Å². The number of hydrogen-bond acceptors (Lipinski definition) is 8. The van der Waals surface area contributed by atoms with Crippen LogP contribution in [0.4, 0.5) is 0 Å². The fraction of sp³-hybridized carbons (Fsp3) is 1.00. The average molecular weight is 531 g/mol. The van der Waals surface area contributed by atoms with E-state index in [0.717, 1.165) is 113 Å². The molecule has 0 radical (unpaired) electrons. The Balaban J connectivity index is -0.00000000186. The molecule has 16 heteroatoms. The van der Waals surface area contributed by atoms with Crippen molar-refractivity contribution < 1.29 is 0 Å². The van der Waals surface area contributed by atoms with Gasteiger partial charge in [0.05, 0.1) is 0 Å². The molecule has 0 atom stereocenters. The molecule has 0 fully saturated rings. The minimum atomic E-state index is 0. The molecule has 0 spiro atoms. The Morgan fingerprint density at radius 3 is 0.240 bits per heavy atom. The van der Waals surface area contributed by atoms with Crippen LogP contribution in [0.3, 0.4) is 0 Å². The Hall–Kier alpha value is 2.76. The zero-order valence-electron chi connectivity index (χ0n) is 9.66. The van der Waals surface area contributed by atoms with E-state index in [1.807, 2.05) is 0 Å². The van der Waals surface area contributed by atoms with Gasteiger partial charge in [0.2, 0.25) is 0 Å². The number of nitrogens with one attached hydrogen (secondary N) is 8. The van der Waals surface area contributed by atoms with Gasteiger partial charge in [-0.3, -0.25) is 0 Å². The average Bonchev–Trinajstić information content (AvgIpc) is 2.54. The van der Waals surface area contributed by atoms with Gasteiger partial charge in [-0.2, -0.15) is 0 Å². The summed E-state index contributed by atoms with van der Waals surface area (Å²) in [6.07, 6.45) is 0. The fourth-order valence-corrected chi connectivity index (χ4v) is 0. The van der Waals surface area contributed by atoms with Crippen molar-refractivity contribution in [2.24, 2.45) is 0 Å². The maximum absolute atomic E-state index is 5.88. The Morgan fingerprint density at radius 1 is 0.240 bits per heavy atom. The molecule has 8 nitrogen and oxygen atoms in total. The first-order valence-electron chi connectivity index (χ1n) is 2.83. The van der Waals surface area contributed by atoms with Crippen LogP contribution in [0.1, 0.15) is 66.8 Å². The van der Waals surface area contributed by atoms with E-state index in [9.17, 15) is 0 Å². The zero-order valence-corrected chi connectivity index (χ0v) is 22.5. The first kappa shape index (κ1) is 172. The third kappa shape index (κ3) is 2150. The first-order valence-corrected chi connectivity index (χ1v) is 9.26. The van der Waals surface area contributed by atoms with E-state index in [2.05, 4.69) is 0 Å². The Labute approximate surface area is 229 Å². The molecule has 0 aliphatic carbocycles. The summed E-state index contributed by atoms with van der Waals surface area (Å²) >= 11 is 8.40. The maximum atomic E-state index is 5.88. The third-order valence-corrected chi connectivity index (χ3v) is 0. The van der Waals surface area contributed by atoms with Gasteiger partial charge in [-0.1, -0.05) is 66.8 Å². The predicted molar refractivity (Wildman–Crippen MR) is 140 cm³/mol. The minimum absolute atomic E-state index is 0. The van der Waals surface area contributed by atoms with Crippen LogP contribution < -0.4 is 0 Å². The summed E-state index contributed by atoms with van der Waals surface area (Å²) in [6.45, 7) is 0.